The van der Waals surface area contributed by atoms with Gasteiger partial charge in [0, 0.05) is 0 Å². The highest BCUT2D eigenvalue weighted by Gasteiger charge is 2.12. The van der Waals surface area contributed by atoms with Crippen molar-refractivity contribution in [3.8, 4) is 11.5 Å². The smallest absolute Gasteiger partial charge is 0.343 e. The van der Waals surface area contributed by atoms with Crippen molar-refractivity contribution < 1.29 is 24.2 Å². The average Bonchev–Trinajstić information content (AvgIpc) is 2.54. The summed E-state index contributed by atoms with van der Waals surface area (Å²) in [5.41, 5.74) is 0.491. The molecule has 5 nitrogen and oxygen atoms in total. The maximum absolute atomic E-state index is 12.2. The molecule has 0 aliphatic carbocycles. The van der Waals surface area contributed by atoms with Crippen LogP contribution in [0.4, 0.5) is 0 Å². The highest BCUT2D eigenvalue weighted by atomic mass is 79.9. The molecule has 2 aromatic rings. The number of aromatic carboxylic acids is 1. The van der Waals surface area contributed by atoms with Crippen molar-refractivity contribution in [3.63, 3.8) is 0 Å². The number of esters is 1. The summed E-state index contributed by atoms with van der Waals surface area (Å²) < 4.78 is 11.5. The molecule has 0 aliphatic rings. The van der Waals surface area contributed by atoms with Gasteiger partial charge in [-0.25, -0.2) is 9.59 Å². The van der Waals surface area contributed by atoms with Gasteiger partial charge < -0.3 is 14.6 Å². The molecule has 6 heteroatoms. The fourth-order valence-electron chi connectivity index (χ4n) is 1.83. The number of carbonyl (C=O) groups is 2. The molecule has 0 aromatic heterocycles. The van der Waals surface area contributed by atoms with Crippen LogP contribution in [-0.4, -0.2) is 23.7 Å². The summed E-state index contributed by atoms with van der Waals surface area (Å²) in [7, 11) is 0. The van der Waals surface area contributed by atoms with Gasteiger partial charge in [-0.1, -0.05) is 13.8 Å². The Bertz CT molecular complexity index is 738. The molecule has 0 unspecified atom stereocenters. The van der Waals surface area contributed by atoms with E-state index in [-0.39, 0.29) is 11.3 Å². The van der Waals surface area contributed by atoms with Crippen LogP contribution in [-0.2, 0) is 0 Å². The standard InChI is InChI=1S/C18H17BrO5/c1-11(2)10-23-16-8-5-13(9-15(16)19)18(22)24-14-6-3-12(4-7-14)17(20)21/h3-9,11H,10H2,1-2H3,(H,20,21). The van der Waals surface area contributed by atoms with Crippen LogP contribution in [0.1, 0.15) is 34.6 Å². The Labute approximate surface area is 148 Å². The van der Waals surface area contributed by atoms with E-state index in [1.54, 1.807) is 18.2 Å². The van der Waals surface area contributed by atoms with Gasteiger partial charge in [0.1, 0.15) is 11.5 Å². The van der Waals surface area contributed by atoms with Gasteiger partial charge in [0.05, 0.1) is 22.2 Å². The quantitative estimate of drug-likeness (QED) is 0.582. The number of carboxylic acids is 1. The summed E-state index contributed by atoms with van der Waals surface area (Å²) in [4.78, 5) is 23.0. The monoisotopic (exact) mass is 392 g/mol. The lowest BCUT2D eigenvalue weighted by Crippen LogP contribution is -2.09. The number of rotatable bonds is 6. The number of halogens is 1. The van der Waals surface area contributed by atoms with Crippen LogP contribution >= 0.6 is 15.9 Å². The van der Waals surface area contributed by atoms with Crippen LogP contribution in [0, 0.1) is 5.92 Å². The van der Waals surface area contributed by atoms with Crippen LogP contribution in [0.5, 0.6) is 11.5 Å². The maximum Gasteiger partial charge on any atom is 0.343 e. The number of carboxylic acid groups (broad SMARTS) is 1. The van der Waals surface area contributed by atoms with Crippen LogP contribution in [0.15, 0.2) is 46.9 Å². The molecule has 0 radical (unpaired) electrons. The van der Waals surface area contributed by atoms with E-state index in [1.807, 2.05) is 0 Å². The van der Waals surface area contributed by atoms with E-state index < -0.39 is 11.9 Å². The lowest BCUT2D eigenvalue weighted by atomic mass is 10.2. The van der Waals surface area contributed by atoms with Gasteiger partial charge >= 0.3 is 11.9 Å². The largest absolute Gasteiger partial charge is 0.492 e. The lowest BCUT2D eigenvalue weighted by Gasteiger charge is -2.11. The van der Waals surface area contributed by atoms with Crippen molar-refractivity contribution in [3.05, 3.63) is 58.1 Å². The summed E-state index contributed by atoms with van der Waals surface area (Å²) in [5.74, 6) is -0.231. The number of ether oxygens (including phenoxy) is 2. The molecular weight excluding hydrogens is 376 g/mol. The SMILES string of the molecule is CC(C)COc1ccc(C(=O)Oc2ccc(C(=O)O)cc2)cc1Br. The van der Waals surface area contributed by atoms with Gasteiger partial charge in [0.2, 0.25) is 0 Å². The summed E-state index contributed by atoms with van der Waals surface area (Å²) >= 11 is 3.38. The van der Waals surface area contributed by atoms with Gasteiger partial charge in [-0.05, 0) is 64.3 Å². The van der Waals surface area contributed by atoms with E-state index in [1.165, 1.54) is 24.3 Å². The first kappa shape index (κ1) is 18.0. The highest BCUT2D eigenvalue weighted by Crippen LogP contribution is 2.27. The van der Waals surface area contributed by atoms with Gasteiger partial charge in [0.25, 0.3) is 0 Å². The van der Waals surface area contributed by atoms with Crippen LogP contribution < -0.4 is 9.47 Å². The first-order valence-corrected chi connectivity index (χ1v) is 8.14. The molecule has 0 bridgehead atoms. The maximum atomic E-state index is 12.2. The van der Waals surface area contributed by atoms with Crippen LogP contribution in [0.3, 0.4) is 0 Å². The molecule has 0 heterocycles. The Kier molecular flexibility index (Phi) is 5.98. The number of benzene rings is 2. The second-order valence-corrected chi connectivity index (χ2v) is 6.42. The topological polar surface area (TPSA) is 72.8 Å². The average molecular weight is 393 g/mol. The van der Waals surface area contributed by atoms with Crippen molar-refractivity contribution in [2.75, 3.05) is 6.61 Å². The number of hydrogen-bond donors (Lipinski definition) is 1. The Hall–Kier alpha value is -2.34. The van der Waals surface area contributed by atoms with Crippen molar-refractivity contribution >= 4 is 27.9 Å². The van der Waals surface area contributed by atoms with Crippen molar-refractivity contribution in [2.45, 2.75) is 13.8 Å². The summed E-state index contributed by atoms with van der Waals surface area (Å²) in [5, 5.41) is 8.85. The van der Waals surface area contributed by atoms with Gasteiger partial charge in [0.15, 0.2) is 0 Å². The van der Waals surface area contributed by atoms with E-state index in [0.717, 1.165) is 0 Å². The zero-order chi connectivity index (χ0) is 17.7. The van der Waals surface area contributed by atoms with Crippen molar-refractivity contribution in [2.24, 2.45) is 5.92 Å². The molecule has 0 atom stereocenters. The molecule has 0 amide bonds. The Morgan fingerprint density at radius 2 is 1.71 bits per heavy atom. The summed E-state index contributed by atoms with van der Waals surface area (Å²) in [6, 6.07) is 10.6. The molecule has 126 valence electrons. The molecule has 0 saturated heterocycles. The molecule has 24 heavy (non-hydrogen) atoms. The molecule has 0 saturated carbocycles. The Balaban J connectivity index is 2.06. The number of carbonyl (C=O) groups excluding carboxylic acids is 1. The molecule has 0 aliphatic heterocycles. The highest BCUT2D eigenvalue weighted by molar-refractivity contribution is 9.10. The van der Waals surface area contributed by atoms with Crippen molar-refractivity contribution in [1.29, 1.82) is 0 Å². The summed E-state index contributed by atoms with van der Waals surface area (Å²) in [6.45, 7) is 4.68. The minimum absolute atomic E-state index is 0.129. The molecule has 0 fully saturated rings. The van der Waals surface area contributed by atoms with E-state index in [4.69, 9.17) is 14.6 Å². The third kappa shape index (κ3) is 4.83. The third-order valence-electron chi connectivity index (χ3n) is 3.05. The van der Waals surface area contributed by atoms with Crippen molar-refractivity contribution in [1.82, 2.24) is 0 Å². The Morgan fingerprint density at radius 3 is 2.25 bits per heavy atom. The minimum atomic E-state index is -1.03. The number of hydrogen-bond acceptors (Lipinski definition) is 4. The minimum Gasteiger partial charge on any atom is -0.492 e. The first-order valence-electron chi connectivity index (χ1n) is 7.34. The van der Waals surface area contributed by atoms with E-state index in [0.29, 0.717) is 28.3 Å². The predicted octanol–water partition coefficient (Wildman–Crippen LogP) is 4.40. The van der Waals surface area contributed by atoms with Gasteiger partial charge in [-0.15, -0.1) is 0 Å². The fraction of sp³-hybridized carbons (Fsp3) is 0.222. The first-order chi connectivity index (χ1) is 11.4. The zero-order valence-electron chi connectivity index (χ0n) is 13.3. The molecule has 0 spiro atoms. The molecule has 2 rings (SSSR count). The van der Waals surface area contributed by atoms with E-state index in [2.05, 4.69) is 29.8 Å². The van der Waals surface area contributed by atoms with Gasteiger partial charge in [-0.3, -0.25) is 0 Å². The molecule has 1 N–H and O–H groups in total. The summed E-state index contributed by atoms with van der Waals surface area (Å²) in [6.07, 6.45) is 0. The van der Waals surface area contributed by atoms with E-state index in [9.17, 15) is 9.59 Å². The lowest BCUT2D eigenvalue weighted by molar-refractivity contribution is 0.0696. The second-order valence-electron chi connectivity index (χ2n) is 5.57. The van der Waals surface area contributed by atoms with Crippen LogP contribution in [0.25, 0.3) is 0 Å². The molecule has 2 aromatic carbocycles. The van der Waals surface area contributed by atoms with E-state index >= 15 is 0 Å². The third-order valence-corrected chi connectivity index (χ3v) is 3.67. The zero-order valence-corrected chi connectivity index (χ0v) is 14.9. The Morgan fingerprint density at radius 1 is 1.08 bits per heavy atom. The molecular formula is C18H17BrO5. The van der Waals surface area contributed by atoms with Gasteiger partial charge in [-0.2, -0.15) is 0 Å². The van der Waals surface area contributed by atoms with Crippen LogP contribution in [0.2, 0.25) is 0 Å². The fourth-order valence-corrected chi connectivity index (χ4v) is 2.33. The second kappa shape index (κ2) is 7.97. The normalized spacial score (nSPS) is 10.5. The predicted molar refractivity (Wildman–Crippen MR) is 92.8 cm³/mol.